The summed E-state index contributed by atoms with van der Waals surface area (Å²) in [4.78, 5) is 0. The van der Waals surface area contributed by atoms with Crippen LogP contribution in [-0.2, 0) is 18.3 Å². The van der Waals surface area contributed by atoms with Gasteiger partial charge in [0, 0.05) is 16.4 Å². The quantitative estimate of drug-likeness (QED) is 0.903. The summed E-state index contributed by atoms with van der Waals surface area (Å²) >= 11 is 3.30. The summed E-state index contributed by atoms with van der Waals surface area (Å²) in [5.74, 6) is -0.156. The molecule has 3 heteroatoms. The van der Waals surface area contributed by atoms with Crippen molar-refractivity contribution in [3.05, 3.63) is 69.4 Å². The molecule has 1 nitrogen and oxygen atoms in total. The normalized spacial score (nSPS) is 20.9. The highest BCUT2D eigenvalue weighted by Crippen LogP contribution is 2.41. The SMILES string of the molecule is NCC1(Cc2ccc(Br)cc2F)CCc2ccccc21. The molecule has 1 aliphatic carbocycles. The lowest BCUT2D eigenvalue weighted by atomic mass is 9.76. The van der Waals surface area contributed by atoms with Crippen molar-refractivity contribution in [1.29, 1.82) is 0 Å². The number of hydrogen-bond acceptors (Lipinski definition) is 1. The number of aryl methyl sites for hydroxylation is 1. The minimum atomic E-state index is -0.156. The lowest BCUT2D eigenvalue weighted by Crippen LogP contribution is -2.35. The first kappa shape index (κ1) is 13.8. The molecule has 2 N–H and O–H groups in total. The molecule has 1 atom stereocenters. The van der Waals surface area contributed by atoms with Crippen molar-refractivity contribution in [2.24, 2.45) is 5.73 Å². The molecular weight excluding hydrogens is 317 g/mol. The highest BCUT2D eigenvalue weighted by atomic mass is 79.9. The summed E-state index contributed by atoms with van der Waals surface area (Å²) in [6, 6.07) is 13.7. The van der Waals surface area contributed by atoms with Crippen LogP contribution in [0.5, 0.6) is 0 Å². The van der Waals surface area contributed by atoms with Crippen LogP contribution < -0.4 is 5.73 Å². The fraction of sp³-hybridized carbons (Fsp3) is 0.294. The van der Waals surface area contributed by atoms with Crippen molar-refractivity contribution in [2.75, 3.05) is 6.54 Å². The molecule has 2 aromatic rings. The Bertz CT molecular complexity index is 641. The molecule has 20 heavy (non-hydrogen) atoms. The summed E-state index contributed by atoms with van der Waals surface area (Å²) in [6.45, 7) is 0.555. The average molecular weight is 334 g/mol. The number of hydrogen-bond donors (Lipinski definition) is 1. The second-order valence-corrected chi connectivity index (χ2v) is 6.47. The summed E-state index contributed by atoms with van der Waals surface area (Å²) in [7, 11) is 0. The summed E-state index contributed by atoms with van der Waals surface area (Å²) in [5.41, 5.74) is 9.36. The monoisotopic (exact) mass is 333 g/mol. The first-order valence-electron chi connectivity index (χ1n) is 6.87. The largest absolute Gasteiger partial charge is 0.330 e. The molecule has 0 spiro atoms. The van der Waals surface area contributed by atoms with E-state index in [1.807, 2.05) is 18.2 Å². The zero-order chi connectivity index (χ0) is 14.2. The van der Waals surface area contributed by atoms with Crippen LogP contribution in [-0.4, -0.2) is 6.54 Å². The maximum atomic E-state index is 14.1. The van der Waals surface area contributed by atoms with Crippen molar-refractivity contribution in [3.8, 4) is 0 Å². The molecule has 0 radical (unpaired) electrons. The standard InChI is InChI=1S/C17H17BrFN/c18-14-6-5-13(16(19)9-14)10-17(11-20)8-7-12-3-1-2-4-15(12)17/h1-6,9H,7-8,10-11,20H2. The molecule has 104 valence electrons. The Balaban J connectivity index is 1.99. The van der Waals surface area contributed by atoms with Crippen LogP contribution in [0.25, 0.3) is 0 Å². The van der Waals surface area contributed by atoms with Gasteiger partial charge in [0.05, 0.1) is 0 Å². The van der Waals surface area contributed by atoms with Gasteiger partial charge in [0.25, 0.3) is 0 Å². The maximum Gasteiger partial charge on any atom is 0.127 e. The minimum Gasteiger partial charge on any atom is -0.330 e. The third-order valence-electron chi connectivity index (χ3n) is 4.40. The molecule has 0 heterocycles. The summed E-state index contributed by atoms with van der Waals surface area (Å²) in [5, 5.41) is 0. The van der Waals surface area contributed by atoms with E-state index in [4.69, 9.17) is 5.73 Å². The fourth-order valence-corrected chi connectivity index (χ4v) is 3.59. The van der Waals surface area contributed by atoms with E-state index in [9.17, 15) is 4.39 Å². The second kappa shape index (κ2) is 5.30. The van der Waals surface area contributed by atoms with Crippen molar-refractivity contribution >= 4 is 15.9 Å². The van der Waals surface area contributed by atoms with Crippen LogP contribution in [0.15, 0.2) is 46.9 Å². The molecule has 0 aromatic heterocycles. The molecular formula is C17H17BrFN. The summed E-state index contributed by atoms with van der Waals surface area (Å²) < 4.78 is 14.9. The Morgan fingerprint density at radius 3 is 2.75 bits per heavy atom. The van der Waals surface area contributed by atoms with Gasteiger partial charge in [-0.15, -0.1) is 0 Å². The first-order valence-corrected chi connectivity index (χ1v) is 7.66. The van der Waals surface area contributed by atoms with E-state index in [0.717, 1.165) is 22.9 Å². The van der Waals surface area contributed by atoms with E-state index in [2.05, 4.69) is 34.1 Å². The van der Waals surface area contributed by atoms with Crippen molar-refractivity contribution in [1.82, 2.24) is 0 Å². The Morgan fingerprint density at radius 1 is 1.20 bits per heavy atom. The molecule has 0 bridgehead atoms. The van der Waals surface area contributed by atoms with Gasteiger partial charge < -0.3 is 5.73 Å². The lowest BCUT2D eigenvalue weighted by Gasteiger charge is -2.29. The summed E-state index contributed by atoms with van der Waals surface area (Å²) in [6.07, 6.45) is 2.70. The van der Waals surface area contributed by atoms with Crippen molar-refractivity contribution < 1.29 is 4.39 Å². The number of nitrogens with two attached hydrogens (primary N) is 1. The van der Waals surface area contributed by atoms with Gasteiger partial charge in [-0.05, 0) is 48.1 Å². The van der Waals surface area contributed by atoms with Crippen molar-refractivity contribution in [2.45, 2.75) is 24.7 Å². The third kappa shape index (κ3) is 2.29. The molecule has 3 rings (SSSR count). The average Bonchev–Trinajstić information content (AvgIpc) is 2.82. The number of rotatable bonds is 3. The van der Waals surface area contributed by atoms with Crippen LogP contribution in [0.2, 0.25) is 0 Å². The fourth-order valence-electron chi connectivity index (χ4n) is 3.26. The number of benzene rings is 2. The minimum absolute atomic E-state index is 0.120. The van der Waals surface area contributed by atoms with Crippen LogP contribution in [0.1, 0.15) is 23.1 Å². The topological polar surface area (TPSA) is 26.0 Å². The Morgan fingerprint density at radius 2 is 2.00 bits per heavy atom. The smallest absolute Gasteiger partial charge is 0.127 e. The Labute approximate surface area is 127 Å². The van der Waals surface area contributed by atoms with E-state index in [-0.39, 0.29) is 11.2 Å². The molecule has 1 aliphatic rings. The number of halogens is 2. The predicted molar refractivity (Wildman–Crippen MR) is 83.3 cm³/mol. The molecule has 2 aromatic carbocycles. The molecule has 0 saturated heterocycles. The predicted octanol–water partition coefficient (Wildman–Crippen LogP) is 3.97. The van der Waals surface area contributed by atoms with E-state index >= 15 is 0 Å². The van der Waals surface area contributed by atoms with Gasteiger partial charge in [-0.3, -0.25) is 0 Å². The van der Waals surface area contributed by atoms with E-state index < -0.39 is 0 Å². The van der Waals surface area contributed by atoms with Gasteiger partial charge in [-0.1, -0.05) is 46.3 Å². The van der Waals surface area contributed by atoms with Crippen LogP contribution >= 0.6 is 15.9 Å². The third-order valence-corrected chi connectivity index (χ3v) is 4.89. The maximum absolute atomic E-state index is 14.1. The highest BCUT2D eigenvalue weighted by molar-refractivity contribution is 9.10. The Kier molecular flexibility index (Phi) is 3.65. The van der Waals surface area contributed by atoms with E-state index in [0.29, 0.717) is 13.0 Å². The van der Waals surface area contributed by atoms with Gasteiger partial charge in [-0.2, -0.15) is 0 Å². The van der Waals surface area contributed by atoms with Gasteiger partial charge in [0.1, 0.15) is 5.82 Å². The molecule has 0 fully saturated rings. The zero-order valence-electron chi connectivity index (χ0n) is 11.2. The van der Waals surface area contributed by atoms with Gasteiger partial charge in [0.2, 0.25) is 0 Å². The van der Waals surface area contributed by atoms with Crippen LogP contribution in [0.4, 0.5) is 4.39 Å². The first-order chi connectivity index (χ1) is 9.64. The number of fused-ring (bicyclic) bond motifs is 1. The lowest BCUT2D eigenvalue weighted by molar-refractivity contribution is 0.422. The van der Waals surface area contributed by atoms with E-state index in [1.165, 1.54) is 17.2 Å². The van der Waals surface area contributed by atoms with Crippen molar-refractivity contribution in [3.63, 3.8) is 0 Å². The highest BCUT2D eigenvalue weighted by Gasteiger charge is 2.37. The second-order valence-electron chi connectivity index (χ2n) is 5.55. The zero-order valence-corrected chi connectivity index (χ0v) is 12.8. The van der Waals surface area contributed by atoms with Gasteiger partial charge >= 0.3 is 0 Å². The van der Waals surface area contributed by atoms with Gasteiger partial charge in [-0.25, -0.2) is 4.39 Å². The van der Waals surface area contributed by atoms with E-state index in [1.54, 1.807) is 0 Å². The molecule has 0 aliphatic heterocycles. The Hall–Kier alpha value is -1.19. The van der Waals surface area contributed by atoms with Crippen LogP contribution in [0.3, 0.4) is 0 Å². The van der Waals surface area contributed by atoms with Crippen LogP contribution in [0, 0.1) is 5.82 Å². The molecule has 0 amide bonds. The molecule has 0 saturated carbocycles. The molecule has 1 unspecified atom stereocenters. The van der Waals surface area contributed by atoms with Gasteiger partial charge in [0.15, 0.2) is 0 Å².